The number of nitrogens with zero attached hydrogens (tertiary/aromatic N) is 4. The topological polar surface area (TPSA) is 108 Å². The quantitative estimate of drug-likeness (QED) is 0.469. The molecular weight excluding hydrogens is 446 g/mol. The number of carbonyl (C=O) groups is 1. The highest BCUT2D eigenvalue weighted by molar-refractivity contribution is 6.31. The molecule has 2 aromatic heterocycles. The zero-order valence-corrected chi connectivity index (χ0v) is 18.7. The van der Waals surface area contributed by atoms with E-state index < -0.39 is 17.2 Å². The van der Waals surface area contributed by atoms with Gasteiger partial charge in [-0.3, -0.25) is 18.7 Å². The van der Waals surface area contributed by atoms with E-state index in [1.807, 2.05) is 6.92 Å². The fourth-order valence-electron chi connectivity index (χ4n) is 3.43. The minimum Gasteiger partial charge on any atom is -0.497 e. The van der Waals surface area contributed by atoms with Gasteiger partial charge in [-0.2, -0.15) is 0 Å². The van der Waals surface area contributed by atoms with E-state index in [9.17, 15) is 14.4 Å². The second kappa shape index (κ2) is 9.25. The minimum absolute atomic E-state index is 0.00766. The molecule has 1 amide bonds. The molecule has 0 aliphatic rings. The number of hydrogen-bond donors (Lipinski definition) is 1. The number of aromatic nitrogens is 4. The Bertz CT molecular complexity index is 1480. The Morgan fingerprint density at radius 2 is 1.88 bits per heavy atom. The van der Waals surface area contributed by atoms with Crippen LogP contribution >= 0.6 is 11.6 Å². The third-order valence-corrected chi connectivity index (χ3v) is 5.33. The number of methoxy groups -OCH3 is 1. The summed E-state index contributed by atoms with van der Waals surface area (Å²) in [6.45, 7) is 1.45. The first kappa shape index (κ1) is 22.2. The number of benzene rings is 2. The highest BCUT2D eigenvalue weighted by Gasteiger charge is 2.18. The Morgan fingerprint density at radius 1 is 1.09 bits per heavy atom. The first-order valence-electron chi connectivity index (χ1n) is 10.0. The number of carbonyl (C=O) groups excluding carboxylic acids is 1. The second-order valence-corrected chi connectivity index (χ2v) is 7.78. The summed E-state index contributed by atoms with van der Waals surface area (Å²) < 4.78 is 7.39. The average molecular weight is 466 g/mol. The number of aryl methyl sites for hydroxylation is 1. The fraction of sp³-hybridized carbons (Fsp3) is 0.174. The van der Waals surface area contributed by atoms with Crippen molar-refractivity contribution in [3.05, 3.63) is 91.8 Å². The maximum Gasteiger partial charge on any atom is 0.333 e. The van der Waals surface area contributed by atoms with E-state index in [1.165, 1.54) is 19.5 Å². The van der Waals surface area contributed by atoms with Crippen LogP contribution in [-0.2, 0) is 17.9 Å². The van der Waals surface area contributed by atoms with Gasteiger partial charge in [0.1, 0.15) is 12.3 Å². The van der Waals surface area contributed by atoms with Crippen molar-refractivity contribution in [2.45, 2.75) is 20.0 Å². The number of hydrogen-bond acceptors (Lipinski definition) is 6. The van der Waals surface area contributed by atoms with Gasteiger partial charge in [-0.1, -0.05) is 29.8 Å². The number of nitrogens with one attached hydrogen (secondary N) is 1. The van der Waals surface area contributed by atoms with E-state index in [0.29, 0.717) is 22.0 Å². The Hall–Kier alpha value is -3.98. The summed E-state index contributed by atoms with van der Waals surface area (Å²) in [4.78, 5) is 47.4. The zero-order chi connectivity index (χ0) is 23.5. The Morgan fingerprint density at radius 3 is 2.67 bits per heavy atom. The number of ether oxygens (including phenoxy) is 1. The van der Waals surface area contributed by atoms with Crippen LogP contribution < -0.4 is 21.3 Å². The van der Waals surface area contributed by atoms with Crippen LogP contribution in [0.3, 0.4) is 0 Å². The van der Waals surface area contributed by atoms with Crippen molar-refractivity contribution in [3.63, 3.8) is 0 Å². The first-order valence-corrected chi connectivity index (χ1v) is 10.4. The molecule has 0 radical (unpaired) electrons. The third kappa shape index (κ3) is 4.63. The van der Waals surface area contributed by atoms with Crippen LogP contribution in [0, 0.1) is 6.92 Å². The molecule has 0 bridgehead atoms. The number of halogens is 1. The molecule has 168 valence electrons. The van der Waals surface area contributed by atoms with Crippen molar-refractivity contribution < 1.29 is 9.53 Å². The predicted molar refractivity (Wildman–Crippen MR) is 125 cm³/mol. The van der Waals surface area contributed by atoms with E-state index in [2.05, 4.69) is 15.3 Å². The van der Waals surface area contributed by atoms with Gasteiger partial charge in [0.15, 0.2) is 11.2 Å². The van der Waals surface area contributed by atoms with Crippen molar-refractivity contribution in [3.8, 4) is 5.75 Å². The molecule has 10 heteroatoms. The summed E-state index contributed by atoms with van der Waals surface area (Å²) in [5, 5.41) is 3.22. The van der Waals surface area contributed by atoms with Gasteiger partial charge in [-0.05, 0) is 42.3 Å². The summed E-state index contributed by atoms with van der Waals surface area (Å²) >= 11 is 6.03. The van der Waals surface area contributed by atoms with Crippen LogP contribution in [0.4, 0.5) is 5.69 Å². The molecule has 1 N–H and O–H groups in total. The fourth-order valence-corrected chi connectivity index (χ4v) is 3.60. The van der Waals surface area contributed by atoms with Gasteiger partial charge in [-0.25, -0.2) is 14.8 Å². The molecule has 0 unspecified atom stereocenters. The average Bonchev–Trinajstić information content (AvgIpc) is 2.82. The zero-order valence-electron chi connectivity index (χ0n) is 17.9. The van der Waals surface area contributed by atoms with Crippen molar-refractivity contribution in [2.75, 3.05) is 12.4 Å². The molecular formula is C23H20ClN5O4. The summed E-state index contributed by atoms with van der Waals surface area (Å²) in [6, 6.07) is 12.1. The molecule has 33 heavy (non-hydrogen) atoms. The molecule has 0 atom stereocenters. The SMILES string of the molecule is COc1cccc(Cn2c(=O)c3nccnc3n(CC(=O)Nc3cc(Cl)ccc3C)c2=O)c1. The molecule has 2 aromatic carbocycles. The molecule has 0 aliphatic carbocycles. The van der Waals surface area contributed by atoms with Crippen LogP contribution in [-0.4, -0.2) is 32.1 Å². The van der Waals surface area contributed by atoms with E-state index in [1.54, 1.807) is 42.5 Å². The van der Waals surface area contributed by atoms with Crippen molar-refractivity contribution in [1.29, 1.82) is 0 Å². The normalized spacial score (nSPS) is 10.9. The van der Waals surface area contributed by atoms with Crippen LogP contribution in [0.5, 0.6) is 5.75 Å². The summed E-state index contributed by atoms with van der Waals surface area (Å²) in [7, 11) is 1.53. The van der Waals surface area contributed by atoms with Crippen LogP contribution in [0.2, 0.25) is 5.02 Å². The van der Waals surface area contributed by atoms with E-state index >= 15 is 0 Å². The van der Waals surface area contributed by atoms with Crippen LogP contribution in [0.15, 0.2) is 64.4 Å². The van der Waals surface area contributed by atoms with Crippen LogP contribution in [0.25, 0.3) is 11.2 Å². The largest absolute Gasteiger partial charge is 0.497 e. The minimum atomic E-state index is -0.672. The van der Waals surface area contributed by atoms with Gasteiger partial charge in [0.25, 0.3) is 5.56 Å². The van der Waals surface area contributed by atoms with Crippen molar-refractivity contribution >= 4 is 34.4 Å². The van der Waals surface area contributed by atoms with Gasteiger partial charge >= 0.3 is 5.69 Å². The van der Waals surface area contributed by atoms with E-state index in [-0.39, 0.29) is 24.3 Å². The van der Waals surface area contributed by atoms with Gasteiger partial charge in [0.2, 0.25) is 5.91 Å². The molecule has 2 heterocycles. The first-order chi connectivity index (χ1) is 15.9. The lowest BCUT2D eigenvalue weighted by molar-refractivity contribution is -0.116. The standard InChI is InChI=1S/C23H20ClN5O4/c1-14-6-7-16(24)11-18(14)27-19(30)13-28-21-20(25-8-9-26-21)22(31)29(23(28)32)12-15-4-3-5-17(10-15)33-2/h3-11H,12-13H2,1-2H3,(H,27,30). The smallest absolute Gasteiger partial charge is 0.333 e. The lowest BCUT2D eigenvalue weighted by Gasteiger charge is -2.14. The maximum absolute atomic E-state index is 13.3. The monoisotopic (exact) mass is 465 g/mol. The number of amides is 1. The summed E-state index contributed by atoms with van der Waals surface area (Å²) in [5.41, 5.74) is 0.789. The van der Waals surface area contributed by atoms with Gasteiger partial charge in [0, 0.05) is 23.1 Å². The Balaban J connectivity index is 1.76. The van der Waals surface area contributed by atoms with Crippen molar-refractivity contribution in [1.82, 2.24) is 19.1 Å². The Labute approximate surface area is 193 Å². The van der Waals surface area contributed by atoms with Gasteiger partial charge in [-0.15, -0.1) is 0 Å². The predicted octanol–water partition coefficient (Wildman–Crippen LogP) is 2.61. The van der Waals surface area contributed by atoms with E-state index in [4.69, 9.17) is 16.3 Å². The molecule has 0 saturated carbocycles. The van der Waals surface area contributed by atoms with Crippen molar-refractivity contribution in [2.24, 2.45) is 0 Å². The molecule has 4 aromatic rings. The molecule has 0 fully saturated rings. The molecule has 4 rings (SSSR count). The third-order valence-electron chi connectivity index (χ3n) is 5.09. The number of rotatable bonds is 6. The second-order valence-electron chi connectivity index (χ2n) is 7.35. The molecule has 0 saturated heterocycles. The lowest BCUT2D eigenvalue weighted by atomic mass is 10.2. The summed E-state index contributed by atoms with van der Waals surface area (Å²) in [6.07, 6.45) is 2.73. The summed E-state index contributed by atoms with van der Waals surface area (Å²) in [5.74, 6) is 0.124. The van der Waals surface area contributed by atoms with Gasteiger partial charge < -0.3 is 10.1 Å². The highest BCUT2D eigenvalue weighted by Crippen LogP contribution is 2.20. The van der Waals surface area contributed by atoms with E-state index in [0.717, 1.165) is 14.7 Å². The maximum atomic E-state index is 13.3. The number of anilines is 1. The highest BCUT2D eigenvalue weighted by atomic mass is 35.5. The molecule has 0 spiro atoms. The lowest BCUT2D eigenvalue weighted by Crippen LogP contribution is -2.42. The van der Waals surface area contributed by atoms with Gasteiger partial charge in [0.05, 0.1) is 13.7 Å². The molecule has 0 aliphatic heterocycles. The van der Waals surface area contributed by atoms with Crippen LogP contribution in [0.1, 0.15) is 11.1 Å². The molecule has 9 nitrogen and oxygen atoms in total. The number of fused-ring (bicyclic) bond motifs is 1. The Kier molecular flexibility index (Phi) is 6.23.